The lowest BCUT2D eigenvalue weighted by Gasteiger charge is -2.34. The molecule has 3 atom stereocenters. The standard InChI is InChI=1S/C27H30F3N5O2/c1-34-8-2-3-21(34)15-37-26-32-24-11-16(17-9-18(27(28,29)30)12-22(36)10-17)4-7-23(24)25(33-26)35-13-19-5-6-20(14-35)31-19/h4,7,9-12,19-21,31,36H,2-3,5-6,8,13-15H2,1H3/t19?,20?,21-/m0/s1. The molecule has 2 unspecified atom stereocenters. The van der Waals surface area contributed by atoms with E-state index in [1.165, 1.54) is 6.07 Å². The van der Waals surface area contributed by atoms with E-state index in [0.717, 1.165) is 68.7 Å². The van der Waals surface area contributed by atoms with E-state index >= 15 is 0 Å². The fourth-order valence-corrected chi connectivity index (χ4v) is 5.85. The number of piperazine rings is 1. The van der Waals surface area contributed by atoms with Gasteiger partial charge in [-0.05, 0) is 80.7 Å². The minimum atomic E-state index is -4.56. The quantitative estimate of drug-likeness (QED) is 0.523. The van der Waals surface area contributed by atoms with Gasteiger partial charge < -0.3 is 25.0 Å². The third kappa shape index (κ3) is 4.92. The highest BCUT2D eigenvalue weighted by molar-refractivity contribution is 5.93. The summed E-state index contributed by atoms with van der Waals surface area (Å²) in [6, 6.07) is 9.88. The zero-order chi connectivity index (χ0) is 25.7. The summed E-state index contributed by atoms with van der Waals surface area (Å²) in [5.74, 6) is 0.353. The van der Waals surface area contributed by atoms with Crippen molar-refractivity contribution < 1.29 is 23.0 Å². The van der Waals surface area contributed by atoms with E-state index in [0.29, 0.717) is 35.8 Å². The molecular weight excluding hydrogens is 483 g/mol. The SMILES string of the molecule is CN1CCC[C@H]1COc1nc(N2CC3CCC(C2)N3)c2ccc(-c3cc(O)cc(C(F)(F)F)c3)cc2n1. The maximum absolute atomic E-state index is 13.4. The average Bonchev–Trinajstić information content (AvgIpc) is 3.44. The summed E-state index contributed by atoms with van der Waals surface area (Å²) in [5.41, 5.74) is 0.497. The van der Waals surface area contributed by atoms with Gasteiger partial charge in [0.15, 0.2) is 0 Å². The van der Waals surface area contributed by atoms with Gasteiger partial charge in [0.05, 0.1) is 11.1 Å². The number of alkyl halides is 3. The molecule has 2 bridgehead atoms. The second-order valence-electron chi connectivity index (χ2n) is 10.5. The first kappa shape index (κ1) is 24.2. The molecule has 3 fully saturated rings. The Morgan fingerprint density at radius 3 is 2.51 bits per heavy atom. The Morgan fingerprint density at radius 2 is 1.81 bits per heavy atom. The molecule has 0 radical (unpaired) electrons. The first-order valence-corrected chi connectivity index (χ1v) is 12.8. The molecule has 3 saturated heterocycles. The Bertz CT molecular complexity index is 1310. The second-order valence-corrected chi connectivity index (χ2v) is 10.5. The van der Waals surface area contributed by atoms with Crippen LogP contribution in [0.3, 0.4) is 0 Å². The van der Waals surface area contributed by atoms with Crippen LogP contribution in [0.4, 0.5) is 19.0 Å². The van der Waals surface area contributed by atoms with Gasteiger partial charge in [0.1, 0.15) is 18.2 Å². The minimum Gasteiger partial charge on any atom is -0.508 e. The highest BCUT2D eigenvalue weighted by atomic mass is 19.4. The number of hydrogen-bond acceptors (Lipinski definition) is 7. The van der Waals surface area contributed by atoms with E-state index in [1.54, 1.807) is 12.1 Å². The molecule has 10 heteroatoms. The molecule has 0 saturated carbocycles. The number of likely N-dealkylation sites (tertiary alicyclic amines) is 1. The van der Waals surface area contributed by atoms with Crippen molar-refractivity contribution in [1.82, 2.24) is 20.2 Å². The first-order chi connectivity index (χ1) is 17.7. The van der Waals surface area contributed by atoms with Gasteiger partial charge >= 0.3 is 12.2 Å². The summed E-state index contributed by atoms with van der Waals surface area (Å²) in [7, 11) is 2.08. The predicted octanol–water partition coefficient (Wildman–Crippen LogP) is 4.43. The fourth-order valence-electron chi connectivity index (χ4n) is 5.85. The van der Waals surface area contributed by atoms with Gasteiger partial charge in [-0.2, -0.15) is 23.1 Å². The number of ether oxygens (including phenoxy) is 1. The lowest BCUT2D eigenvalue weighted by Crippen LogP contribution is -2.51. The van der Waals surface area contributed by atoms with Crippen LogP contribution in [-0.4, -0.2) is 71.4 Å². The largest absolute Gasteiger partial charge is 0.508 e. The predicted molar refractivity (Wildman–Crippen MR) is 135 cm³/mol. The maximum Gasteiger partial charge on any atom is 0.416 e. The number of likely N-dealkylation sites (N-methyl/N-ethyl adjacent to an activating group) is 1. The highest BCUT2D eigenvalue weighted by Crippen LogP contribution is 2.37. The Labute approximate surface area is 213 Å². The lowest BCUT2D eigenvalue weighted by molar-refractivity contribution is -0.137. The van der Waals surface area contributed by atoms with Crippen molar-refractivity contribution in [2.45, 2.75) is 50.0 Å². The fraction of sp³-hybridized carbons (Fsp3) is 0.481. The summed E-state index contributed by atoms with van der Waals surface area (Å²) in [6.07, 6.45) is -0.113. The normalized spacial score (nSPS) is 24.2. The third-order valence-corrected chi connectivity index (χ3v) is 7.83. The smallest absolute Gasteiger partial charge is 0.416 e. The summed E-state index contributed by atoms with van der Waals surface area (Å²) in [6.45, 7) is 3.18. The molecule has 37 heavy (non-hydrogen) atoms. The Kier molecular flexibility index (Phi) is 6.11. The van der Waals surface area contributed by atoms with Gasteiger partial charge in [0.25, 0.3) is 0 Å². The van der Waals surface area contributed by atoms with E-state index in [4.69, 9.17) is 9.72 Å². The zero-order valence-corrected chi connectivity index (χ0v) is 20.6. The number of aromatic hydroxyl groups is 1. The van der Waals surface area contributed by atoms with Gasteiger partial charge in [0, 0.05) is 36.6 Å². The number of phenols is 1. The molecule has 0 aliphatic carbocycles. The monoisotopic (exact) mass is 513 g/mol. The van der Waals surface area contributed by atoms with Crippen LogP contribution in [0, 0.1) is 0 Å². The summed E-state index contributed by atoms with van der Waals surface area (Å²) in [5, 5.41) is 14.4. The van der Waals surface area contributed by atoms with Crippen molar-refractivity contribution in [2.75, 3.05) is 38.2 Å². The number of nitrogens with one attached hydrogen (secondary N) is 1. The van der Waals surface area contributed by atoms with Crippen LogP contribution in [0.2, 0.25) is 0 Å². The van der Waals surface area contributed by atoms with E-state index in [9.17, 15) is 18.3 Å². The number of fused-ring (bicyclic) bond motifs is 3. The van der Waals surface area contributed by atoms with Gasteiger partial charge in [-0.25, -0.2) is 0 Å². The molecule has 0 amide bonds. The third-order valence-electron chi connectivity index (χ3n) is 7.83. The molecule has 2 N–H and O–H groups in total. The zero-order valence-electron chi connectivity index (χ0n) is 20.6. The van der Waals surface area contributed by atoms with E-state index in [1.807, 2.05) is 6.07 Å². The Hall–Kier alpha value is -3.11. The van der Waals surface area contributed by atoms with Crippen LogP contribution in [0.5, 0.6) is 11.8 Å². The van der Waals surface area contributed by atoms with Crippen molar-refractivity contribution in [3.05, 3.63) is 42.0 Å². The molecule has 3 aliphatic heterocycles. The van der Waals surface area contributed by atoms with E-state index < -0.39 is 17.5 Å². The van der Waals surface area contributed by atoms with Gasteiger partial charge in [-0.15, -0.1) is 0 Å². The molecule has 6 rings (SSSR count). The number of rotatable bonds is 5. The molecule has 196 valence electrons. The first-order valence-electron chi connectivity index (χ1n) is 12.8. The van der Waals surface area contributed by atoms with Crippen LogP contribution < -0.4 is 15.0 Å². The average molecular weight is 514 g/mol. The number of nitrogens with zero attached hydrogens (tertiary/aromatic N) is 4. The maximum atomic E-state index is 13.4. The van der Waals surface area contributed by atoms with Gasteiger partial charge in [-0.3, -0.25) is 0 Å². The second kappa shape index (κ2) is 9.33. The number of phenolic OH excluding ortho intramolecular Hbond substituents is 1. The van der Waals surface area contributed by atoms with Crippen molar-refractivity contribution in [2.24, 2.45) is 0 Å². The molecule has 3 aromatic rings. The topological polar surface area (TPSA) is 73.8 Å². The Balaban J connectivity index is 1.40. The summed E-state index contributed by atoms with van der Waals surface area (Å²) in [4.78, 5) is 14.0. The molecule has 3 aliphatic rings. The number of anilines is 1. The van der Waals surface area contributed by atoms with Crippen LogP contribution in [0.25, 0.3) is 22.0 Å². The van der Waals surface area contributed by atoms with Crippen molar-refractivity contribution in [1.29, 1.82) is 0 Å². The molecule has 7 nitrogen and oxygen atoms in total. The van der Waals surface area contributed by atoms with E-state index in [-0.39, 0.29) is 11.6 Å². The molecule has 0 spiro atoms. The molecule has 2 aromatic carbocycles. The number of hydrogen-bond donors (Lipinski definition) is 2. The molecule has 1 aromatic heterocycles. The number of halogens is 3. The van der Waals surface area contributed by atoms with Crippen molar-refractivity contribution in [3.63, 3.8) is 0 Å². The lowest BCUT2D eigenvalue weighted by atomic mass is 10.0. The van der Waals surface area contributed by atoms with Crippen molar-refractivity contribution in [3.8, 4) is 22.9 Å². The Morgan fingerprint density at radius 1 is 1.03 bits per heavy atom. The highest BCUT2D eigenvalue weighted by Gasteiger charge is 2.34. The van der Waals surface area contributed by atoms with Crippen LogP contribution in [0.1, 0.15) is 31.2 Å². The van der Waals surface area contributed by atoms with Crippen LogP contribution in [-0.2, 0) is 6.18 Å². The number of benzene rings is 2. The van der Waals surface area contributed by atoms with Gasteiger partial charge in [-0.1, -0.05) is 6.07 Å². The van der Waals surface area contributed by atoms with Crippen LogP contribution >= 0.6 is 0 Å². The van der Waals surface area contributed by atoms with Crippen molar-refractivity contribution >= 4 is 16.7 Å². The van der Waals surface area contributed by atoms with Gasteiger partial charge in [0.2, 0.25) is 0 Å². The molecular formula is C27H30F3N5O2. The summed E-state index contributed by atoms with van der Waals surface area (Å²) >= 11 is 0. The summed E-state index contributed by atoms with van der Waals surface area (Å²) < 4.78 is 46.2. The van der Waals surface area contributed by atoms with Crippen LogP contribution in [0.15, 0.2) is 36.4 Å². The van der Waals surface area contributed by atoms with E-state index in [2.05, 4.69) is 27.1 Å². The number of aromatic nitrogens is 2. The minimum absolute atomic E-state index is 0.268. The molecule has 4 heterocycles.